The van der Waals surface area contributed by atoms with Crippen LogP contribution in [0.3, 0.4) is 0 Å². The van der Waals surface area contributed by atoms with E-state index in [1.807, 2.05) is 0 Å². The maximum atomic E-state index is 12.4. The maximum absolute atomic E-state index is 12.4. The third kappa shape index (κ3) is 4.64. The van der Waals surface area contributed by atoms with E-state index in [0.29, 0.717) is 10.5 Å². The minimum absolute atomic E-state index is 0.0699. The molecule has 0 atom stereocenters. The second-order valence-corrected chi connectivity index (χ2v) is 9.11. The molecule has 0 spiro atoms. The fourth-order valence-electron chi connectivity index (χ4n) is 2.34. The molecular weight excluding hydrogens is 424 g/mol. The van der Waals surface area contributed by atoms with Crippen molar-refractivity contribution in [2.45, 2.75) is 10.1 Å². The molecule has 2 N–H and O–H groups in total. The zero-order valence-electron chi connectivity index (χ0n) is 14.5. The highest BCUT2D eigenvalue weighted by atomic mass is 35.5. The number of fused-ring (bicyclic) bond motifs is 1. The summed E-state index contributed by atoms with van der Waals surface area (Å²) in [6, 6.07) is 11.8. The number of nitrogens with one attached hydrogen (secondary N) is 2. The molecule has 0 unspecified atom stereocenters. The van der Waals surface area contributed by atoms with Crippen molar-refractivity contribution in [3.63, 3.8) is 0 Å². The standard InChI is InChI=1S/C17H15ClN4O4S2/c1-28(25,26)17-19-15(13-4-2-3-9-22(13)17)16(24)21-20-14(23)10-27-12-7-5-11(18)6-8-12/h2-9H,10H2,1H3,(H,20,23)(H,21,24). The number of carbonyl (C=O) groups is 2. The van der Waals surface area contributed by atoms with E-state index in [4.69, 9.17) is 11.6 Å². The predicted molar refractivity (Wildman–Crippen MR) is 106 cm³/mol. The Morgan fingerprint density at radius 3 is 2.54 bits per heavy atom. The van der Waals surface area contributed by atoms with Crippen LogP contribution < -0.4 is 10.9 Å². The van der Waals surface area contributed by atoms with Gasteiger partial charge in [-0.05, 0) is 36.4 Å². The molecule has 11 heteroatoms. The molecule has 0 aliphatic heterocycles. The molecule has 2 amide bonds. The topological polar surface area (TPSA) is 110 Å². The number of aromatic nitrogens is 2. The zero-order chi connectivity index (χ0) is 20.3. The van der Waals surface area contributed by atoms with Gasteiger partial charge < -0.3 is 0 Å². The van der Waals surface area contributed by atoms with Gasteiger partial charge in [0.25, 0.3) is 5.91 Å². The number of rotatable bonds is 5. The number of pyridine rings is 1. The molecule has 2 heterocycles. The fraction of sp³-hybridized carbons (Fsp3) is 0.118. The van der Waals surface area contributed by atoms with E-state index in [9.17, 15) is 18.0 Å². The third-order valence-electron chi connectivity index (χ3n) is 3.56. The van der Waals surface area contributed by atoms with Crippen LogP contribution in [-0.4, -0.2) is 41.6 Å². The number of nitrogens with zero attached hydrogens (tertiary/aromatic N) is 2. The van der Waals surface area contributed by atoms with Crippen molar-refractivity contribution in [1.29, 1.82) is 0 Å². The van der Waals surface area contributed by atoms with E-state index < -0.39 is 21.7 Å². The Kier molecular flexibility index (Phi) is 5.92. The van der Waals surface area contributed by atoms with Crippen LogP contribution in [0, 0.1) is 0 Å². The quantitative estimate of drug-likeness (QED) is 0.465. The molecule has 8 nitrogen and oxygen atoms in total. The monoisotopic (exact) mass is 438 g/mol. The number of carbonyl (C=O) groups excluding carboxylic acids is 2. The van der Waals surface area contributed by atoms with E-state index in [2.05, 4.69) is 15.8 Å². The van der Waals surface area contributed by atoms with Gasteiger partial charge in [-0.1, -0.05) is 17.7 Å². The Morgan fingerprint density at radius 2 is 1.86 bits per heavy atom. The molecule has 2 aromatic heterocycles. The summed E-state index contributed by atoms with van der Waals surface area (Å²) >= 11 is 7.08. The van der Waals surface area contributed by atoms with Gasteiger partial charge in [0.1, 0.15) is 0 Å². The average molecular weight is 439 g/mol. The van der Waals surface area contributed by atoms with Crippen molar-refractivity contribution < 1.29 is 18.0 Å². The highest BCUT2D eigenvalue weighted by Crippen LogP contribution is 2.20. The smallest absolute Gasteiger partial charge is 0.290 e. The van der Waals surface area contributed by atoms with Gasteiger partial charge in [0.2, 0.25) is 20.9 Å². The summed E-state index contributed by atoms with van der Waals surface area (Å²) in [5, 5.41) is 0.347. The van der Waals surface area contributed by atoms with Crippen LogP contribution in [0.15, 0.2) is 58.7 Å². The van der Waals surface area contributed by atoms with Gasteiger partial charge in [-0.2, -0.15) is 0 Å². The second kappa shape index (κ2) is 8.21. The molecule has 0 radical (unpaired) electrons. The first-order valence-electron chi connectivity index (χ1n) is 7.90. The number of hydrogen-bond donors (Lipinski definition) is 2. The first-order chi connectivity index (χ1) is 13.3. The van der Waals surface area contributed by atoms with Crippen molar-refractivity contribution in [2.24, 2.45) is 0 Å². The molecule has 0 saturated carbocycles. The van der Waals surface area contributed by atoms with Crippen LogP contribution in [0.2, 0.25) is 5.02 Å². The minimum Gasteiger partial charge on any atom is -0.290 e. The summed E-state index contributed by atoms with van der Waals surface area (Å²) in [5.41, 5.74) is 4.75. The fourth-order valence-corrected chi connectivity index (χ4v) is 3.94. The predicted octanol–water partition coefficient (Wildman–Crippen LogP) is 1.94. The van der Waals surface area contributed by atoms with Gasteiger partial charge in [-0.3, -0.25) is 24.8 Å². The molecule has 146 valence electrons. The molecule has 3 aromatic rings. The first kappa shape index (κ1) is 20.2. The Hall–Kier alpha value is -2.56. The average Bonchev–Trinajstić information content (AvgIpc) is 3.06. The number of thioether (sulfide) groups is 1. The molecule has 3 rings (SSSR count). The number of imidazole rings is 1. The van der Waals surface area contributed by atoms with Crippen LogP contribution in [-0.2, 0) is 14.6 Å². The van der Waals surface area contributed by atoms with Crippen LogP contribution in [0.5, 0.6) is 0 Å². The van der Waals surface area contributed by atoms with E-state index >= 15 is 0 Å². The largest absolute Gasteiger partial charge is 0.290 e. The van der Waals surface area contributed by atoms with Gasteiger partial charge >= 0.3 is 0 Å². The number of sulfone groups is 1. The van der Waals surface area contributed by atoms with Crippen LogP contribution in [0.4, 0.5) is 0 Å². The molecular formula is C17H15ClN4O4S2. The molecule has 0 fully saturated rings. The van der Waals surface area contributed by atoms with Gasteiger partial charge in [-0.25, -0.2) is 13.4 Å². The van der Waals surface area contributed by atoms with E-state index in [0.717, 1.165) is 11.2 Å². The Balaban J connectivity index is 1.66. The zero-order valence-corrected chi connectivity index (χ0v) is 16.9. The summed E-state index contributed by atoms with van der Waals surface area (Å²) in [6.07, 6.45) is 2.50. The van der Waals surface area contributed by atoms with E-state index in [1.165, 1.54) is 22.4 Å². The summed E-state index contributed by atoms with van der Waals surface area (Å²) in [6.45, 7) is 0. The number of amides is 2. The Morgan fingerprint density at radius 1 is 1.14 bits per heavy atom. The van der Waals surface area contributed by atoms with Gasteiger partial charge in [0.15, 0.2) is 5.69 Å². The SMILES string of the molecule is CS(=O)(=O)c1nc(C(=O)NNC(=O)CSc2ccc(Cl)cc2)c2ccccn12. The molecule has 1 aromatic carbocycles. The van der Waals surface area contributed by atoms with Crippen molar-refractivity contribution >= 4 is 50.5 Å². The summed E-state index contributed by atoms with van der Waals surface area (Å²) < 4.78 is 25.1. The lowest BCUT2D eigenvalue weighted by molar-refractivity contribution is -0.119. The number of halogens is 1. The third-order valence-corrected chi connectivity index (χ3v) is 5.78. The lowest BCUT2D eigenvalue weighted by atomic mass is 10.3. The highest BCUT2D eigenvalue weighted by molar-refractivity contribution is 8.00. The van der Waals surface area contributed by atoms with Crippen LogP contribution in [0.1, 0.15) is 10.5 Å². The van der Waals surface area contributed by atoms with Crippen LogP contribution >= 0.6 is 23.4 Å². The molecule has 0 aliphatic carbocycles. The number of hydrazine groups is 1. The lowest BCUT2D eigenvalue weighted by Gasteiger charge is -2.06. The molecule has 0 bridgehead atoms. The summed E-state index contributed by atoms with van der Waals surface area (Å²) in [4.78, 5) is 29.1. The van der Waals surface area contributed by atoms with Gasteiger partial charge in [0, 0.05) is 22.4 Å². The molecule has 0 saturated heterocycles. The molecule has 28 heavy (non-hydrogen) atoms. The first-order valence-corrected chi connectivity index (χ1v) is 11.2. The van der Waals surface area contributed by atoms with Crippen molar-refractivity contribution in [2.75, 3.05) is 12.0 Å². The normalized spacial score (nSPS) is 11.4. The van der Waals surface area contributed by atoms with E-state index in [1.54, 1.807) is 42.5 Å². The molecule has 0 aliphatic rings. The maximum Gasteiger partial charge on any atom is 0.290 e. The van der Waals surface area contributed by atoms with Gasteiger partial charge in [0.05, 0.1) is 11.3 Å². The summed E-state index contributed by atoms with van der Waals surface area (Å²) in [5.74, 6) is -1.08. The van der Waals surface area contributed by atoms with E-state index in [-0.39, 0.29) is 16.6 Å². The number of benzene rings is 1. The minimum atomic E-state index is -3.64. The Labute approximate surface area is 170 Å². The van der Waals surface area contributed by atoms with Crippen molar-refractivity contribution in [3.05, 3.63) is 59.4 Å². The summed E-state index contributed by atoms with van der Waals surface area (Å²) in [7, 11) is -3.64. The van der Waals surface area contributed by atoms with Crippen molar-refractivity contribution in [1.82, 2.24) is 20.2 Å². The highest BCUT2D eigenvalue weighted by Gasteiger charge is 2.22. The lowest BCUT2D eigenvalue weighted by Crippen LogP contribution is -2.42. The Bertz CT molecular complexity index is 1140. The van der Waals surface area contributed by atoms with Crippen molar-refractivity contribution in [3.8, 4) is 0 Å². The second-order valence-electron chi connectivity index (χ2n) is 5.72. The van der Waals surface area contributed by atoms with Crippen LogP contribution in [0.25, 0.3) is 5.52 Å². The number of hydrogen-bond acceptors (Lipinski definition) is 6. The van der Waals surface area contributed by atoms with Gasteiger partial charge in [-0.15, -0.1) is 11.8 Å².